The van der Waals surface area contributed by atoms with E-state index in [4.69, 9.17) is 0 Å². The standard InChI is InChI=1S/C23H28F2N2O2/c1-23(2,3)17-8-6-16(7-9-17)12-14-26-21(28)5-4-13-27-22(29)19-11-10-18(24)15-20(19)25/h6-11,15H,4-5,12-14H2,1-3H3,(H,26,28)(H,27,29). The van der Waals surface area contributed by atoms with Gasteiger partial charge in [-0.25, -0.2) is 8.78 Å². The molecule has 2 N–H and O–H groups in total. The zero-order valence-electron chi connectivity index (χ0n) is 17.1. The van der Waals surface area contributed by atoms with Gasteiger partial charge in [0.25, 0.3) is 5.91 Å². The maximum Gasteiger partial charge on any atom is 0.254 e. The van der Waals surface area contributed by atoms with Crippen molar-refractivity contribution in [1.29, 1.82) is 0 Å². The Morgan fingerprint density at radius 2 is 1.62 bits per heavy atom. The number of hydrogen-bond donors (Lipinski definition) is 2. The van der Waals surface area contributed by atoms with E-state index in [0.29, 0.717) is 19.0 Å². The van der Waals surface area contributed by atoms with Crippen LogP contribution >= 0.6 is 0 Å². The van der Waals surface area contributed by atoms with Gasteiger partial charge in [0.05, 0.1) is 5.56 Å². The van der Waals surface area contributed by atoms with Crippen molar-refractivity contribution in [3.63, 3.8) is 0 Å². The Hall–Kier alpha value is -2.76. The number of rotatable bonds is 8. The fraction of sp³-hybridized carbons (Fsp3) is 0.391. The van der Waals surface area contributed by atoms with Gasteiger partial charge in [0.15, 0.2) is 0 Å². The maximum absolute atomic E-state index is 13.5. The number of nitrogens with one attached hydrogen (secondary N) is 2. The van der Waals surface area contributed by atoms with Gasteiger partial charge < -0.3 is 10.6 Å². The Morgan fingerprint density at radius 1 is 0.931 bits per heavy atom. The number of amides is 2. The van der Waals surface area contributed by atoms with Gasteiger partial charge in [0, 0.05) is 25.6 Å². The van der Waals surface area contributed by atoms with Crippen molar-refractivity contribution in [2.75, 3.05) is 13.1 Å². The summed E-state index contributed by atoms with van der Waals surface area (Å²) in [6.45, 7) is 7.28. The third-order valence-electron chi connectivity index (χ3n) is 4.60. The Morgan fingerprint density at radius 3 is 2.24 bits per heavy atom. The summed E-state index contributed by atoms with van der Waals surface area (Å²) >= 11 is 0. The Labute approximate surface area is 170 Å². The minimum absolute atomic E-state index is 0.0986. The molecule has 0 atom stereocenters. The molecule has 0 unspecified atom stereocenters. The Balaban J connectivity index is 1.64. The van der Waals surface area contributed by atoms with Crippen LogP contribution in [0.4, 0.5) is 8.78 Å². The highest BCUT2D eigenvalue weighted by molar-refractivity contribution is 5.94. The second-order valence-corrected chi connectivity index (χ2v) is 8.03. The van der Waals surface area contributed by atoms with Gasteiger partial charge in [0.1, 0.15) is 11.6 Å². The zero-order valence-corrected chi connectivity index (χ0v) is 17.1. The normalized spacial score (nSPS) is 11.2. The van der Waals surface area contributed by atoms with E-state index in [1.807, 2.05) is 0 Å². The predicted octanol–water partition coefficient (Wildman–Crippen LogP) is 4.13. The van der Waals surface area contributed by atoms with E-state index >= 15 is 0 Å². The second-order valence-electron chi connectivity index (χ2n) is 8.03. The lowest BCUT2D eigenvalue weighted by Crippen LogP contribution is -2.29. The van der Waals surface area contributed by atoms with Gasteiger partial charge in [-0.1, -0.05) is 45.0 Å². The van der Waals surface area contributed by atoms with Gasteiger partial charge in [-0.3, -0.25) is 9.59 Å². The van der Waals surface area contributed by atoms with E-state index in [1.165, 1.54) is 5.56 Å². The Kier molecular flexibility index (Phi) is 7.88. The molecule has 2 aromatic rings. The molecule has 0 aliphatic rings. The Bertz CT molecular complexity index is 843. The molecule has 2 aromatic carbocycles. The first-order valence-corrected chi connectivity index (χ1v) is 9.76. The molecule has 0 spiro atoms. The molecule has 29 heavy (non-hydrogen) atoms. The molecule has 0 aliphatic carbocycles. The smallest absolute Gasteiger partial charge is 0.254 e. The molecule has 0 radical (unpaired) electrons. The zero-order chi connectivity index (χ0) is 21.4. The molecule has 0 saturated carbocycles. The minimum atomic E-state index is -0.907. The van der Waals surface area contributed by atoms with Gasteiger partial charge in [0.2, 0.25) is 5.91 Å². The van der Waals surface area contributed by atoms with Gasteiger partial charge in [-0.2, -0.15) is 0 Å². The lowest BCUT2D eigenvalue weighted by molar-refractivity contribution is -0.121. The monoisotopic (exact) mass is 402 g/mol. The van der Waals surface area contributed by atoms with Gasteiger partial charge >= 0.3 is 0 Å². The molecular formula is C23H28F2N2O2. The topological polar surface area (TPSA) is 58.2 Å². The number of benzene rings is 2. The number of halogens is 2. The van der Waals surface area contributed by atoms with Crippen molar-refractivity contribution in [2.45, 2.75) is 45.4 Å². The molecule has 0 bridgehead atoms. The molecule has 0 aliphatic heterocycles. The second kappa shape index (κ2) is 10.1. The van der Waals surface area contributed by atoms with Crippen LogP contribution in [0, 0.1) is 11.6 Å². The summed E-state index contributed by atoms with van der Waals surface area (Å²) in [5.41, 5.74) is 2.33. The van der Waals surface area contributed by atoms with Crippen LogP contribution in [0.2, 0.25) is 0 Å². The third-order valence-corrected chi connectivity index (χ3v) is 4.60. The van der Waals surface area contributed by atoms with Crippen LogP contribution in [-0.4, -0.2) is 24.9 Å². The fourth-order valence-electron chi connectivity index (χ4n) is 2.83. The summed E-state index contributed by atoms with van der Waals surface area (Å²) in [5.74, 6) is -2.36. The number of carbonyl (C=O) groups is 2. The summed E-state index contributed by atoms with van der Waals surface area (Å²) in [6.07, 6.45) is 1.44. The lowest BCUT2D eigenvalue weighted by atomic mass is 9.86. The van der Waals surface area contributed by atoms with E-state index in [2.05, 4.69) is 55.7 Å². The molecule has 0 saturated heterocycles. The van der Waals surface area contributed by atoms with E-state index in [0.717, 1.165) is 24.1 Å². The van der Waals surface area contributed by atoms with Crippen molar-refractivity contribution in [1.82, 2.24) is 10.6 Å². The summed E-state index contributed by atoms with van der Waals surface area (Å²) in [5, 5.41) is 5.39. The molecular weight excluding hydrogens is 374 g/mol. The predicted molar refractivity (Wildman–Crippen MR) is 110 cm³/mol. The van der Waals surface area contributed by atoms with Gasteiger partial charge in [-0.05, 0) is 41.5 Å². The minimum Gasteiger partial charge on any atom is -0.356 e. The quantitative estimate of drug-likeness (QED) is 0.653. The first kappa shape index (κ1) is 22.5. The highest BCUT2D eigenvalue weighted by atomic mass is 19.1. The molecule has 4 nitrogen and oxygen atoms in total. The van der Waals surface area contributed by atoms with E-state index in [9.17, 15) is 18.4 Å². The fourth-order valence-corrected chi connectivity index (χ4v) is 2.83. The van der Waals surface area contributed by atoms with E-state index in [-0.39, 0.29) is 29.9 Å². The van der Waals surface area contributed by atoms with Crippen molar-refractivity contribution in [3.05, 3.63) is 70.8 Å². The molecule has 2 rings (SSSR count). The average molecular weight is 402 g/mol. The number of carbonyl (C=O) groups excluding carboxylic acids is 2. The van der Waals surface area contributed by atoms with E-state index < -0.39 is 17.5 Å². The van der Waals surface area contributed by atoms with Crippen molar-refractivity contribution in [3.8, 4) is 0 Å². The highest BCUT2D eigenvalue weighted by Gasteiger charge is 2.13. The third kappa shape index (κ3) is 7.29. The van der Waals surface area contributed by atoms with Crippen molar-refractivity contribution in [2.24, 2.45) is 0 Å². The number of hydrogen-bond acceptors (Lipinski definition) is 2. The lowest BCUT2D eigenvalue weighted by Gasteiger charge is -2.19. The van der Waals surface area contributed by atoms with Crippen LogP contribution in [0.3, 0.4) is 0 Å². The largest absolute Gasteiger partial charge is 0.356 e. The molecule has 6 heteroatoms. The van der Waals surface area contributed by atoms with Crippen LogP contribution in [0.25, 0.3) is 0 Å². The van der Waals surface area contributed by atoms with Crippen LogP contribution in [0.1, 0.15) is 55.1 Å². The molecule has 2 amide bonds. The SMILES string of the molecule is CC(C)(C)c1ccc(CCNC(=O)CCCNC(=O)c2ccc(F)cc2F)cc1. The molecule has 0 aromatic heterocycles. The molecule has 0 fully saturated rings. The van der Waals surface area contributed by atoms with E-state index in [1.54, 1.807) is 0 Å². The maximum atomic E-state index is 13.5. The van der Waals surface area contributed by atoms with Crippen molar-refractivity contribution < 1.29 is 18.4 Å². The molecule has 156 valence electrons. The first-order chi connectivity index (χ1) is 13.7. The summed E-state index contributed by atoms with van der Waals surface area (Å²) in [7, 11) is 0. The molecule has 0 heterocycles. The highest BCUT2D eigenvalue weighted by Crippen LogP contribution is 2.22. The van der Waals surface area contributed by atoms with Gasteiger partial charge in [-0.15, -0.1) is 0 Å². The van der Waals surface area contributed by atoms with Crippen LogP contribution in [0.5, 0.6) is 0 Å². The average Bonchev–Trinajstić information content (AvgIpc) is 2.65. The van der Waals surface area contributed by atoms with Crippen LogP contribution in [0.15, 0.2) is 42.5 Å². The summed E-state index contributed by atoms with van der Waals surface area (Å²) < 4.78 is 26.4. The van der Waals surface area contributed by atoms with Crippen LogP contribution in [-0.2, 0) is 16.6 Å². The van der Waals surface area contributed by atoms with Crippen LogP contribution < -0.4 is 10.6 Å². The van der Waals surface area contributed by atoms with Crippen molar-refractivity contribution >= 4 is 11.8 Å². The summed E-state index contributed by atoms with van der Waals surface area (Å²) in [4.78, 5) is 23.8. The summed E-state index contributed by atoms with van der Waals surface area (Å²) in [6, 6.07) is 11.2. The first-order valence-electron chi connectivity index (χ1n) is 9.76.